The molecule has 0 aromatic carbocycles. The van der Waals surface area contributed by atoms with Gasteiger partial charge in [-0.2, -0.15) is 0 Å². The number of carbonyl (C=O) groups excluding carboxylic acids is 2. The Hall–Kier alpha value is -1.80. The van der Waals surface area contributed by atoms with Crippen LogP contribution in [0.5, 0.6) is 0 Å². The number of aryl methyl sites for hydroxylation is 2. The van der Waals surface area contributed by atoms with Gasteiger partial charge in [0.05, 0.1) is 12.7 Å². The third-order valence-electron chi connectivity index (χ3n) is 7.70. The van der Waals surface area contributed by atoms with E-state index in [1.165, 1.54) is 77.0 Å². The predicted molar refractivity (Wildman–Crippen MR) is 172 cm³/mol. The van der Waals surface area contributed by atoms with Gasteiger partial charge in [0, 0.05) is 50.7 Å². The third-order valence-corrected chi connectivity index (χ3v) is 8.15. The summed E-state index contributed by atoms with van der Waals surface area (Å²) in [7, 11) is 0. The normalized spacial score (nSPS) is 12.1. The van der Waals surface area contributed by atoms with Crippen LogP contribution in [0.15, 0.2) is 48.6 Å². The van der Waals surface area contributed by atoms with Crippen LogP contribution < -0.4 is 0 Å². The first-order valence-corrected chi connectivity index (χ1v) is 16.5. The molecule has 0 radical (unpaired) electrons. The largest absolute Gasteiger partial charge is 0.337 e. The monoisotopic (exact) mass is 588 g/mol. The standard InChI is InChI=1S/C32H52N4O2S2/c37-31(39)17-13-9-5-1-3-7-11-15-29(19-23-35-25-21-33-27-35)30(20-24-36-26-22-34-28-36)16-12-8-4-2-6-10-14-18-32(38)40/h21-22,25-28H,1-20,23-24H2,(H,37,39)(H,38,40). The van der Waals surface area contributed by atoms with E-state index in [2.05, 4.69) is 56.8 Å². The summed E-state index contributed by atoms with van der Waals surface area (Å²) < 4.78 is 4.40. The zero-order chi connectivity index (χ0) is 28.7. The van der Waals surface area contributed by atoms with E-state index >= 15 is 0 Å². The van der Waals surface area contributed by atoms with E-state index in [4.69, 9.17) is 0 Å². The molecule has 0 saturated carbocycles. The van der Waals surface area contributed by atoms with Gasteiger partial charge in [-0.25, -0.2) is 9.97 Å². The number of imidazole rings is 2. The van der Waals surface area contributed by atoms with Crippen molar-refractivity contribution in [2.75, 3.05) is 0 Å². The van der Waals surface area contributed by atoms with Crippen molar-refractivity contribution in [1.29, 1.82) is 0 Å². The fourth-order valence-corrected chi connectivity index (χ4v) is 5.64. The molecular formula is C32H52N4O2S2. The summed E-state index contributed by atoms with van der Waals surface area (Å²) in [6.45, 7) is 1.98. The molecule has 0 fully saturated rings. The molecule has 0 spiro atoms. The van der Waals surface area contributed by atoms with Crippen LogP contribution in [0, 0.1) is 0 Å². The molecule has 2 aromatic heterocycles. The van der Waals surface area contributed by atoms with E-state index in [1.54, 1.807) is 11.1 Å². The lowest BCUT2D eigenvalue weighted by Crippen LogP contribution is -2.04. The molecule has 8 heteroatoms. The first-order chi connectivity index (χ1) is 19.5. The number of hydrogen-bond donors (Lipinski definition) is 2. The molecule has 0 aliphatic carbocycles. The summed E-state index contributed by atoms with van der Waals surface area (Å²) in [6, 6.07) is 0. The highest BCUT2D eigenvalue weighted by atomic mass is 32.1. The van der Waals surface area contributed by atoms with Crippen molar-refractivity contribution in [2.45, 2.75) is 142 Å². The minimum atomic E-state index is 0.0116. The molecule has 2 rings (SSSR count). The van der Waals surface area contributed by atoms with Gasteiger partial charge in [-0.3, -0.25) is 9.59 Å². The van der Waals surface area contributed by atoms with E-state index < -0.39 is 0 Å². The number of thiol groups is 2. The van der Waals surface area contributed by atoms with E-state index in [1.807, 2.05) is 25.0 Å². The molecule has 40 heavy (non-hydrogen) atoms. The fourth-order valence-electron chi connectivity index (χ4n) is 5.32. The summed E-state index contributed by atoms with van der Waals surface area (Å²) in [5.41, 5.74) is 3.30. The van der Waals surface area contributed by atoms with Crippen LogP contribution in [0.1, 0.15) is 128 Å². The molecule has 0 bridgehead atoms. The molecule has 0 amide bonds. The zero-order valence-corrected chi connectivity index (χ0v) is 26.3. The first-order valence-electron chi connectivity index (χ1n) is 15.6. The number of aromatic nitrogens is 4. The topological polar surface area (TPSA) is 69.8 Å². The smallest absolute Gasteiger partial charge is 0.185 e. The van der Waals surface area contributed by atoms with E-state index in [0.29, 0.717) is 12.8 Å². The maximum atomic E-state index is 11.0. The fraction of sp³-hybridized carbons (Fsp3) is 0.688. The number of allylic oxidation sites excluding steroid dienone is 2. The molecule has 0 aliphatic rings. The first kappa shape index (κ1) is 34.4. The van der Waals surface area contributed by atoms with Crippen molar-refractivity contribution in [3.8, 4) is 0 Å². The van der Waals surface area contributed by atoms with Gasteiger partial charge in [-0.05, 0) is 51.4 Å². The second-order valence-corrected chi connectivity index (χ2v) is 12.0. The van der Waals surface area contributed by atoms with E-state index in [9.17, 15) is 9.59 Å². The van der Waals surface area contributed by atoms with Crippen LogP contribution in [-0.2, 0) is 22.7 Å². The average Bonchev–Trinajstić information content (AvgIpc) is 3.65. The molecule has 0 N–H and O–H groups in total. The van der Waals surface area contributed by atoms with Crippen molar-refractivity contribution in [1.82, 2.24) is 19.1 Å². The predicted octanol–water partition coefficient (Wildman–Crippen LogP) is 8.79. The molecule has 0 saturated heterocycles. The lowest BCUT2D eigenvalue weighted by molar-refractivity contribution is -0.111. The zero-order valence-electron chi connectivity index (χ0n) is 24.5. The van der Waals surface area contributed by atoms with Crippen LogP contribution in [0.25, 0.3) is 0 Å². The Morgan fingerprint density at radius 3 is 1.10 bits per heavy atom. The Labute approximate surface area is 253 Å². The molecule has 0 aliphatic heterocycles. The lowest BCUT2D eigenvalue weighted by Gasteiger charge is -2.17. The van der Waals surface area contributed by atoms with Crippen LogP contribution in [0.3, 0.4) is 0 Å². The van der Waals surface area contributed by atoms with Crippen molar-refractivity contribution < 1.29 is 9.59 Å². The Kier molecular flexibility index (Phi) is 19.6. The lowest BCUT2D eigenvalue weighted by atomic mass is 9.92. The van der Waals surface area contributed by atoms with Crippen molar-refractivity contribution in [3.63, 3.8) is 0 Å². The van der Waals surface area contributed by atoms with Crippen molar-refractivity contribution >= 4 is 35.5 Å². The van der Waals surface area contributed by atoms with Gasteiger partial charge in [-0.1, -0.05) is 75.4 Å². The summed E-state index contributed by atoms with van der Waals surface area (Å²) in [6.07, 6.45) is 34.2. The SMILES string of the molecule is O=C(S)CCCCCCCCCC(CCn1ccnc1)=C(CCCCCCCCCC(=O)S)CCn1ccnc1. The maximum absolute atomic E-state index is 11.0. The van der Waals surface area contributed by atoms with Gasteiger partial charge in [0.2, 0.25) is 0 Å². The quantitative estimate of drug-likeness (QED) is 0.0655. The second kappa shape index (κ2) is 22.8. The maximum Gasteiger partial charge on any atom is 0.185 e. The molecule has 2 aromatic rings. The number of unbranched alkanes of at least 4 members (excludes halogenated alkanes) is 12. The minimum Gasteiger partial charge on any atom is -0.337 e. The summed E-state index contributed by atoms with van der Waals surface area (Å²) in [5, 5.41) is 0.0232. The highest BCUT2D eigenvalue weighted by Crippen LogP contribution is 2.26. The molecular weight excluding hydrogens is 537 g/mol. The van der Waals surface area contributed by atoms with Gasteiger partial charge >= 0.3 is 0 Å². The second-order valence-electron chi connectivity index (χ2n) is 11.0. The van der Waals surface area contributed by atoms with Gasteiger partial charge < -0.3 is 9.13 Å². The number of nitrogens with zero attached hydrogens (tertiary/aromatic N) is 4. The summed E-state index contributed by atoms with van der Waals surface area (Å²) >= 11 is 7.72. The van der Waals surface area contributed by atoms with Crippen LogP contribution >= 0.6 is 25.3 Å². The number of carbonyl (C=O) groups is 2. The minimum absolute atomic E-state index is 0.0116. The van der Waals surface area contributed by atoms with Crippen LogP contribution in [0.4, 0.5) is 0 Å². The Balaban J connectivity index is 1.86. The Morgan fingerprint density at radius 2 is 0.800 bits per heavy atom. The number of rotatable bonds is 26. The Bertz CT molecular complexity index is 866. The summed E-state index contributed by atoms with van der Waals surface area (Å²) in [4.78, 5) is 30.4. The van der Waals surface area contributed by atoms with Crippen LogP contribution in [0.2, 0.25) is 0 Å². The van der Waals surface area contributed by atoms with Crippen molar-refractivity contribution in [3.05, 3.63) is 48.6 Å². The number of hydrogen-bond acceptors (Lipinski definition) is 4. The highest BCUT2D eigenvalue weighted by Gasteiger charge is 2.10. The molecule has 6 nitrogen and oxygen atoms in total. The molecule has 224 valence electrons. The third kappa shape index (κ3) is 17.8. The highest BCUT2D eigenvalue weighted by molar-refractivity contribution is 7.96. The van der Waals surface area contributed by atoms with Gasteiger partial charge in [0.15, 0.2) is 10.2 Å². The van der Waals surface area contributed by atoms with Gasteiger partial charge in [0.25, 0.3) is 0 Å². The van der Waals surface area contributed by atoms with Gasteiger partial charge in [0.1, 0.15) is 0 Å². The van der Waals surface area contributed by atoms with Gasteiger partial charge in [-0.15, -0.1) is 25.3 Å². The Morgan fingerprint density at radius 1 is 0.475 bits per heavy atom. The van der Waals surface area contributed by atoms with E-state index in [0.717, 1.165) is 51.6 Å². The van der Waals surface area contributed by atoms with E-state index in [-0.39, 0.29) is 10.2 Å². The molecule has 2 heterocycles. The van der Waals surface area contributed by atoms with Crippen molar-refractivity contribution in [2.24, 2.45) is 0 Å². The average molecular weight is 589 g/mol. The van der Waals surface area contributed by atoms with Crippen LogP contribution in [-0.4, -0.2) is 29.3 Å². The molecule has 0 unspecified atom stereocenters. The molecule has 0 atom stereocenters. The summed E-state index contributed by atoms with van der Waals surface area (Å²) in [5.74, 6) is 0.